The summed E-state index contributed by atoms with van der Waals surface area (Å²) >= 11 is 0. The van der Waals surface area contributed by atoms with Gasteiger partial charge < -0.3 is 10.6 Å². The van der Waals surface area contributed by atoms with Crippen LogP contribution in [0.3, 0.4) is 0 Å². The van der Waals surface area contributed by atoms with E-state index in [1.54, 1.807) is 0 Å². The Bertz CT molecular complexity index is 97.1. The highest BCUT2D eigenvalue weighted by atomic mass is 15.1. The molecule has 0 aliphatic rings. The maximum absolute atomic E-state index is 5.57. The van der Waals surface area contributed by atoms with Crippen LogP contribution in [-0.2, 0) is 0 Å². The van der Waals surface area contributed by atoms with Crippen LogP contribution in [0.5, 0.6) is 0 Å². The van der Waals surface area contributed by atoms with Gasteiger partial charge in [0.2, 0.25) is 0 Å². The molecule has 0 aromatic heterocycles. The molecule has 0 bridgehead atoms. The Balaban J connectivity index is 3.64. The molecule has 0 aliphatic carbocycles. The zero-order valence-electron chi connectivity index (χ0n) is 6.52. The molecule has 0 unspecified atom stereocenters. The summed E-state index contributed by atoms with van der Waals surface area (Å²) in [6.07, 6.45) is 2.91. The van der Waals surface area contributed by atoms with Crippen LogP contribution in [0.1, 0.15) is 20.3 Å². The molecule has 0 radical (unpaired) electrons. The lowest BCUT2D eigenvalue weighted by Gasteiger charge is -2.10. The Morgan fingerprint density at radius 3 is 2.44 bits per heavy atom. The second kappa shape index (κ2) is 4.24. The first-order valence-corrected chi connectivity index (χ1v) is 3.37. The van der Waals surface area contributed by atoms with Crippen molar-refractivity contribution in [2.75, 3.05) is 13.6 Å². The Labute approximate surface area is 57.3 Å². The monoisotopic (exact) mass is 128 g/mol. The Kier molecular flexibility index (Phi) is 3.93. The lowest BCUT2D eigenvalue weighted by Crippen LogP contribution is -2.12. The summed E-state index contributed by atoms with van der Waals surface area (Å²) < 4.78 is 0. The van der Waals surface area contributed by atoms with E-state index in [-0.39, 0.29) is 0 Å². The molecule has 2 N–H and O–H groups in total. The zero-order valence-corrected chi connectivity index (χ0v) is 6.52. The number of nitrogens with two attached hydrogens (primary N) is 1. The summed E-state index contributed by atoms with van der Waals surface area (Å²) in [4.78, 5) is 2.07. The van der Waals surface area contributed by atoms with Gasteiger partial charge in [-0.25, -0.2) is 0 Å². The molecule has 0 heterocycles. The maximum Gasteiger partial charge on any atom is 0.0239 e. The van der Waals surface area contributed by atoms with Crippen molar-refractivity contribution in [3.8, 4) is 0 Å². The molecule has 54 valence electrons. The van der Waals surface area contributed by atoms with Crippen LogP contribution < -0.4 is 5.73 Å². The van der Waals surface area contributed by atoms with Crippen molar-refractivity contribution >= 4 is 0 Å². The molecule has 0 aliphatic heterocycles. The summed E-state index contributed by atoms with van der Waals surface area (Å²) in [5.74, 6) is 0. The molecule has 0 fully saturated rings. The van der Waals surface area contributed by atoms with Gasteiger partial charge in [0.1, 0.15) is 0 Å². The number of hydrogen-bond donors (Lipinski definition) is 1. The van der Waals surface area contributed by atoms with Crippen molar-refractivity contribution in [2.45, 2.75) is 20.3 Å². The van der Waals surface area contributed by atoms with Crippen LogP contribution in [-0.4, -0.2) is 18.5 Å². The quantitative estimate of drug-likeness (QED) is 0.617. The second-order valence-electron chi connectivity index (χ2n) is 2.13. The van der Waals surface area contributed by atoms with Gasteiger partial charge in [-0.05, 0) is 13.3 Å². The van der Waals surface area contributed by atoms with E-state index >= 15 is 0 Å². The minimum atomic E-state index is 0.935. The first-order chi connectivity index (χ1) is 4.20. The van der Waals surface area contributed by atoms with Crippen molar-refractivity contribution < 1.29 is 0 Å². The van der Waals surface area contributed by atoms with Crippen molar-refractivity contribution in [2.24, 2.45) is 5.73 Å². The Morgan fingerprint density at radius 2 is 2.11 bits per heavy atom. The predicted octanol–water partition coefficient (Wildman–Crippen LogP) is 1.15. The van der Waals surface area contributed by atoms with Crippen LogP contribution in [0.25, 0.3) is 0 Å². The van der Waals surface area contributed by atoms with Gasteiger partial charge in [-0.1, -0.05) is 6.92 Å². The van der Waals surface area contributed by atoms with Crippen molar-refractivity contribution in [1.82, 2.24) is 4.90 Å². The van der Waals surface area contributed by atoms with Gasteiger partial charge in [0.15, 0.2) is 0 Å². The molecule has 0 saturated heterocycles. The van der Waals surface area contributed by atoms with E-state index in [2.05, 4.69) is 18.7 Å². The molecule has 0 rings (SSSR count). The molecule has 2 heteroatoms. The highest BCUT2D eigenvalue weighted by Crippen LogP contribution is 1.92. The maximum atomic E-state index is 5.57. The van der Waals surface area contributed by atoms with Gasteiger partial charge in [0, 0.05) is 25.5 Å². The van der Waals surface area contributed by atoms with E-state index in [4.69, 9.17) is 5.73 Å². The van der Waals surface area contributed by atoms with Gasteiger partial charge >= 0.3 is 0 Å². The van der Waals surface area contributed by atoms with Crippen LogP contribution in [0.2, 0.25) is 0 Å². The van der Waals surface area contributed by atoms with Gasteiger partial charge in [0.25, 0.3) is 0 Å². The van der Waals surface area contributed by atoms with Crippen LogP contribution in [0.4, 0.5) is 0 Å². The molecule has 2 nitrogen and oxygen atoms in total. The zero-order chi connectivity index (χ0) is 7.28. The van der Waals surface area contributed by atoms with Crippen LogP contribution in [0.15, 0.2) is 11.9 Å². The normalized spacial score (nSPS) is 11.7. The fourth-order valence-corrected chi connectivity index (χ4v) is 0.466. The first kappa shape index (κ1) is 8.34. The lowest BCUT2D eigenvalue weighted by molar-refractivity contribution is 0.478. The number of nitrogens with zero attached hydrogens (tertiary/aromatic N) is 1. The first-order valence-electron chi connectivity index (χ1n) is 3.37. The van der Waals surface area contributed by atoms with E-state index in [0.29, 0.717) is 0 Å². The van der Waals surface area contributed by atoms with E-state index in [1.165, 1.54) is 0 Å². The molecule has 0 spiro atoms. The average molecular weight is 128 g/mol. The van der Waals surface area contributed by atoms with Crippen LogP contribution >= 0.6 is 0 Å². The fraction of sp³-hybridized carbons (Fsp3) is 0.714. The summed E-state index contributed by atoms with van der Waals surface area (Å²) in [6.45, 7) is 5.16. The van der Waals surface area contributed by atoms with E-state index < -0.39 is 0 Å². The molecular formula is C7H16N2. The Morgan fingerprint density at radius 1 is 1.56 bits per heavy atom. The van der Waals surface area contributed by atoms with Crippen molar-refractivity contribution in [3.63, 3.8) is 0 Å². The third kappa shape index (κ3) is 3.88. The van der Waals surface area contributed by atoms with E-state index in [1.807, 2.05) is 13.2 Å². The third-order valence-electron chi connectivity index (χ3n) is 1.29. The summed E-state index contributed by atoms with van der Waals surface area (Å²) in [7, 11) is 2.02. The Hall–Kier alpha value is -0.660. The predicted molar refractivity (Wildman–Crippen MR) is 40.9 cm³/mol. The van der Waals surface area contributed by atoms with Gasteiger partial charge in [-0.3, -0.25) is 0 Å². The molecular weight excluding hydrogens is 112 g/mol. The lowest BCUT2D eigenvalue weighted by atomic mass is 10.4. The molecule has 0 amide bonds. The SMILES string of the molecule is CC/C(N)=C\N(C)CC. The minimum Gasteiger partial charge on any atom is -0.401 e. The largest absolute Gasteiger partial charge is 0.401 e. The summed E-state index contributed by atoms with van der Waals surface area (Å²) in [5.41, 5.74) is 6.51. The van der Waals surface area contributed by atoms with Crippen molar-refractivity contribution in [1.29, 1.82) is 0 Å². The van der Waals surface area contributed by atoms with Gasteiger partial charge in [-0.2, -0.15) is 0 Å². The topological polar surface area (TPSA) is 29.3 Å². The highest BCUT2D eigenvalue weighted by molar-refractivity contribution is 4.93. The summed E-state index contributed by atoms with van der Waals surface area (Å²) in [6, 6.07) is 0. The smallest absolute Gasteiger partial charge is 0.0239 e. The standard InChI is InChI=1S/C7H16N2/c1-4-7(8)6-9(3)5-2/h6H,4-5,8H2,1-3H3/b7-6+. The highest BCUT2D eigenvalue weighted by Gasteiger charge is 1.86. The molecule has 0 aromatic carbocycles. The number of hydrogen-bond acceptors (Lipinski definition) is 2. The van der Waals surface area contributed by atoms with Crippen molar-refractivity contribution in [3.05, 3.63) is 11.9 Å². The number of rotatable bonds is 3. The fourth-order valence-electron chi connectivity index (χ4n) is 0.466. The number of allylic oxidation sites excluding steroid dienone is 1. The van der Waals surface area contributed by atoms with E-state index in [9.17, 15) is 0 Å². The third-order valence-corrected chi connectivity index (χ3v) is 1.29. The average Bonchev–Trinajstić information content (AvgIpc) is 1.87. The summed E-state index contributed by atoms with van der Waals surface area (Å²) in [5, 5.41) is 0. The second-order valence-corrected chi connectivity index (χ2v) is 2.13. The molecule has 0 aromatic rings. The van der Waals surface area contributed by atoms with Crippen LogP contribution in [0, 0.1) is 0 Å². The molecule has 0 saturated carbocycles. The molecule has 0 atom stereocenters. The minimum absolute atomic E-state index is 0.935. The van der Waals surface area contributed by atoms with Gasteiger partial charge in [0.05, 0.1) is 0 Å². The van der Waals surface area contributed by atoms with Gasteiger partial charge in [-0.15, -0.1) is 0 Å². The van der Waals surface area contributed by atoms with E-state index in [0.717, 1.165) is 18.7 Å². The molecule has 9 heavy (non-hydrogen) atoms.